The lowest BCUT2D eigenvalue weighted by Gasteiger charge is -2.17. The Labute approximate surface area is 119 Å². The van der Waals surface area contributed by atoms with Crippen molar-refractivity contribution >= 4 is 11.6 Å². The van der Waals surface area contributed by atoms with Crippen LogP contribution >= 0.6 is 11.6 Å². The van der Waals surface area contributed by atoms with Crippen LogP contribution in [0, 0.1) is 0 Å². The van der Waals surface area contributed by atoms with E-state index < -0.39 is 0 Å². The van der Waals surface area contributed by atoms with Crippen LogP contribution in [0.5, 0.6) is 0 Å². The number of aromatic nitrogens is 1. The smallest absolute Gasteiger partial charge is 0.0454 e. The molecule has 0 bridgehead atoms. The highest BCUT2D eigenvalue weighted by atomic mass is 35.5. The third-order valence-electron chi connectivity index (χ3n) is 2.97. The molecule has 1 heterocycles. The van der Waals surface area contributed by atoms with Crippen LogP contribution in [-0.4, -0.2) is 16.9 Å². The quantitative estimate of drug-likeness (QED) is 0.912. The zero-order valence-electron chi connectivity index (χ0n) is 11.0. The van der Waals surface area contributed by atoms with Crippen molar-refractivity contribution in [2.45, 2.75) is 19.6 Å². The topological polar surface area (TPSA) is 42.2 Å². The van der Waals surface area contributed by atoms with Gasteiger partial charge in [0, 0.05) is 37.1 Å². The lowest BCUT2D eigenvalue weighted by atomic mass is 10.1. The van der Waals surface area contributed by atoms with Gasteiger partial charge in [-0.25, -0.2) is 0 Å². The van der Waals surface area contributed by atoms with Crippen molar-refractivity contribution in [3.63, 3.8) is 0 Å². The molecule has 2 aromatic rings. The minimum Gasteiger partial charge on any atom is -0.326 e. The molecule has 0 aliphatic carbocycles. The Morgan fingerprint density at radius 2 is 2.05 bits per heavy atom. The van der Waals surface area contributed by atoms with Crippen molar-refractivity contribution in [1.82, 2.24) is 9.88 Å². The van der Waals surface area contributed by atoms with Crippen LogP contribution in [0.1, 0.15) is 16.7 Å². The number of hydrogen-bond donors (Lipinski definition) is 1. The lowest BCUT2D eigenvalue weighted by molar-refractivity contribution is 0.319. The fourth-order valence-corrected chi connectivity index (χ4v) is 2.26. The van der Waals surface area contributed by atoms with Crippen molar-refractivity contribution in [2.75, 3.05) is 7.05 Å². The Bertz CT molecular complexity index is 528. The molecule has 4 heteroatoms. The fraction of sp³-hybridized carbons (Fsp3) is 0.267. The molecule has 0 atom stereocenters. The SMILES string of the molecule is CN(Cc1cccnc1)Cc1ccc(CN)cc1Cl. The minimum atomic E-state index is 0.519. The van der Waals surface area contributed by atoms with E-state index in [0.717, 1.165) is 29.2 Å². The zero-order chi connectivity index (χ0) is 13.7. The molecule has 0 aliphatic heterocycles. The Kier molecular flexibility index (Phi) is 4.91. The molecular formula is C15H18ClN3. The molecule has 0 radical (unpaired) electrons. The van der Waals surface area contributed by atoms with E-state index in [4.69, 9.17) is 17.3 Å². The minimum absolute atomic E-state index is 0.519. The number of nitrogens with two attached hydrogens (primary N) is 1. The average Bonchev–Trinajstić information content (AvgIpc) is 2.42. The molecule has 0 fully saturated rings. The molecule has 1 aromatic carbocycles. The molecule has 2 N–H and O–H groups in total. The van der Waals surface area contributed by atoms with Gasteiger partial charge in [-0.15, -0.1) is 0 Å². The molecule has 3 nitrogen and oxygen atoms in total. The number of pyridine rings is 1. The number of halogens is 1. The van der Waals surface area contributed by atoms with Crippen molar-refractivity contribution in [3.8, 4) is 0 Å². The summed E-state index contributed by atoms with van der Waals surface area (Å²) in [6, 6.07) is 10.0. The number of benzene rings is 1. The van der Waals surface area contributed by atoms with Gasteiger partial charge >= 0.3 is 0 Å². The van der Waals surface area contributed by atoms with E-state index in [-0.39, 0.29) is 0 Å². The first-order valence-corrected chi connectivity index (χ1v) is 6.61. The van der Waals surface area contributed by atoms with E-state index in [1.807, 2.05) is 30.5 Å². The van der Waals surface area contributed by atoms with E-state index in [9.17, 15) is 0 Å². The normalized spacial score (nSPS) is 10.9. The van der Waals surface area contributed by atoms with Crippen molar-refractivity contribution in [2.24, 2.45) is 5.73 Å². The second kappa shape index (κ2) is 6.66. The van der Waals surface area contributed by atoms with Gasteiger partial charge in [0.1, 0.15) is 0 Å². The molecule has 0 aliphatic rings. The van der Waals surface area contributed by atoms with Gasteiger partial charge < -0.3 is 5.73 Å². The Morgan fingerprint density at radius 3 is 2.68 bits per heavy atom. The lowest BCUT2D eigenvalue weighted by Crippen LogP contribution is -2.17. The maximum atomic E-state index is 6.26. The highest BCUT2D eigenvalue weighted by Crippen LogP contribution is 2.19. The Hall–Kier alpha value is -1.42. The van der Waals surface area contributed by atoms with Crippen LogP contribution in [0.15, 0.2) is 42.7 Å². The van der Waals surface area contributed by atoms with E-state index in [2.05, 4.69) is 23.0 Å². The van der Waals surface area contributed by atoms with Crippen molar-refractivity contribution in [3.05, 3.63) is 64.4 Å². The maximum absolute atomic E-state index is 6.26. The first kappa shape index (κ1) is 14.0. The molecule has 19 heavy (non-hydrogen) atoms. The van der Waals surface area contributed by atoms with Gasteiger partial charge in [0.2, 0.25) is 0 Å². The monoisotopic (exact) mass is 275 g/mol. The molecule has 0 saturated carbocycles. The number of nitrogens with zero attached hydrogens (tertiary/aromatic N) is 2. The summed E-state index contributed by atoms with van der Waals surface area (Å²) >= 11 is 6.26. The number of rotatable bonds is 5. The van der Waals surface area contributed by atoms with Crippen LogP contribution < -0.4 is 5.73 Å². The highest BCUT2D eigenvalue weighted by Gasteiger charge is 2.06. The summed E-state index contributed by atoms with van der Waals surface area (Å²) in [5.74, 6) is 0. The number of hydrogen-bond acceptors (Lipinski definition) is 3. The summed E-state index contributed by atoms with van der Waals surface area (Å²) in [5.41, 5.74) is 8.97. The van der Waals surface area contributed by atoms with Crippen LogP contribution in [0.2, 0.25) is 5.02 Å². The predicted octanol–water partition coefficient (Wildman–Crippen LogP) is 2.83. The second-order valence-corrected chi connectivity index (χ2v) is 5.07. The Morgan fingerprint density at radius 1 is 1.21 bits per heavy atom. The first-order valence-electron chi connectivity index (χ1n) is 6.24. The van der Waals surface area contributed by atoms with E-state index in [0.29, 0.717) is 6.54 Å². The van der Waals surface area contributed by atoms with E-state index in [1.54, 1.807) is 6.20 Å². The fourth-order valence-electron chi connectivity index (χ4n) is 2.00. The van der Waals surface area contributed by atoms with Crippen LogP contribution in [0.3, 0.4) is 0 Å². The largest absolute Gasteiger partial charge is 0.326 e. The van der Waals surface area contributed by atoms with Gasteiger partial charge in [0.15, 0.2) is 0 Å². The first-order chi connectivity index (χ1) is 9.19. The second-order valence-electron chi connectivity index (χ2n) is 4.66. The molecule has 0 saturated heterocycles. The van der Waals surface area contributed by atoms with Gasteiger partial charge in [-0.3, -0.25) is 9.88 Å². The van der Waals surface area contributed by atoms with Crippen LogP contribution in [0.25, 0.3) is 0 Å². The molecule has 2 rings (SSSR count). The average molecular weight is 276 g/mol. The highest BCUT2D eigenvalue weighted by molar-refractivity contribution is 6.31. The van der Waals surface area contributed by atoms with Crippen LogP contribution in [0.4, 0.5) is 0 Å². The van der Waals surface area contributed by atoms with E-state index in [1.165, 1.54) is 5.56 Å². The van der Waals surface area contributed by atoms with Gasteiger partial charge in [-0.05, 0) is 35.9 Å². The summed E-state index contributed by atoms with van der Waals surface area (Å²) in [6.07, 6.45) is 3.67. The van der Waals surface area contributed by atoms with Gasteiger partial charge in [0.25, 0.3) is 0 Å². The molecule has 0 amide bonds. The van der Waals surface area contributed by atoms with Gasteiger partial charge in [0.05, 0.1) is 0 Å². The summed E-state index contributed by atoms with van der Waals surface area (Å²) in [7, 11) is 2.07. The van der Waals surface area contributed by atoms with Gasteiger partial charge in [-0.2, -0.15) is 0 Å². The Balaban J connectivity index is 2.01. The van der Waals surface area contributed by atoms with Crippen LogP contribution in [-0.2, 0) is 19.6 Å². The van der Waals surface area contributed by atoms with Crippen molar-refractivity contribution < 1.29 is 0 Å². The third kappa shape index (κ3) is 4.03. The molecule has 0 spiro atoms. The summed E-state index contributed by atoms with van der Waals surface area (Å²) in [4.78, 5) is 6.33. The standard InChI is InChI=1S/C15H18ClN3/c1-19(10-13-3-2-6-18-9-13)11-14-5-4-12(8-17)7-15(14)16/h2-7,9H,8,10-11,17H2,1H3. The molecule has 0 unspecified atom stereocenters. The van der Waals surface area contributed by atoms with E-state index >= 15 is 0 Å². The third-order valence-corrected chi connectivity index (χ3v) is 3.32. The molecule has 100 valence electrons. The maximum Gasteiger partial charge on any atom is 0.0454 e. The van der Waals surface area contributed by atoms with Crippen molar-refractivity contribution in [1.29, 1.82) is 0 Å². The summed E-state index contributed by atoms with van der Waals surface area (Å²) in [6.45, 7) is 2.17. The van der Waals surface area contributed by atoms with Gasteiger partial charge in [-0.1, -0.05) is 29.8 Å². The summed E-state index contributed by atoms with van der Waals surface area (Å²) in [5, 5.41) is 0.779. The molecular weight excluding hydrogens is 258 g/mol. The zero-order valence-corrected chi connectivity index (χ0v) is 11.8. The molecule has 1 aromatic heterocycles. The predicted molar refractivity (Wildman–Crippen MR) is 78.8 cm³/mol. The summed E-state index contributed by atoms with van der Waals surface area (Å²) < 4.78 is 0.